The van der Waals surface area contributed by atoms with Crippen molar-refractivity contribution in [3.63, 3.8) is 0 Å². The Morgan fingerprint density at radius 3 is 2.08 bits per heavy atom. The molecule has 0 aliphatic carbocycles. The zero-order valence-electron chi connectivity index (χ0n) is 9.01. The first kappa shape index (κ1) is 12.1. The van der Waals surface area contributed by atoms with Gasteiger partial charge in [0.25, 0.3) is 0 Å². The summed E-state index contributed by atoms with van der Waals surface area (Å²) in [5, 5.41) is 0. The highest BCUT2D eigenvalue weighted by molar-refractivity contribution is 6.34. The number of hydrogen-bond donors (Lipinski definition) is 0. The lowest BCUT2D eigenvalue weighted by molar-refractivity contribution is -0.163. The van der Waals surface area contributed by atoms with Gasteiger partial charge >= 0.3 is 5.97 Å². The second kappa shape index (κ2) is 4.40. The van der Waals surface area contributed by atoms with Crippen molar-refractivity contribution in [2.24, 2.45) is 5.92 Å². The first-order valence-electron chi connectivity index (χ1n) is 4.55. The molecule has 3 heteroatoms. The van der Waals surface area contributed by atoms with E-state index in [9.17, 15) is 9.59 Å². The van der Waals surface area contributed by atoms with Crippen molar-refractivity contribution in [1.29, 1.82) is 0 Å². The molecular formula is C10H18O3. The van der Waals surface area contributed by atoms with Gasteiger partial charge in [0.05, 0.1) is 0 Å². The predicted octanol–water partition coefficient (Wildman–Crippen LogP) is 1.94. The van der Waals surface area contributed by atoms with Crippen molar-refractivity contribution >= 4 is 11.8 Å². The molecule has 3 nitrogen and oxygen atoms in total. The highest BCUT2D eigenvalue weighted by atomic mass is 16.6. The molecule has 0 aromatic rings. The van der Waals surface area contributed by atoms with Crippen LogP contribution in [0, 0.1) is 5.92 Å². The predicted molar refractivity (Wildman–Crippen MR) is 50.3 cm³/mol. The van der Waals surface area contributed by atoms with Gasteiger partial charge in [0.1, 0.15) is 5.60 Å². The number of esters is 1. The second-order valence-corrected chi connectivity index (χ2v) is 4.18. The highest BCUT2D eigenvalue weighted by Gasteiger charge is 2.25. The Morgan fingerprint density at radius 1 is 1.31 bits per heavy atom. The van der Waals surface area contributed by atoms with Gasteiger partial charge in [-0.3, -0.25) is 4.79 Å². The Morgan fingerprint density at radius 2 is 1.77 bits per heavy atom. The molecule has 0 saturated heterocycles. The molecule has 0 aliphatic heterocycles. The summed E-state index contributed by atoms with van der Waals surface area (Å²) in [4.78, 5) is 22.5. The third kappa shape index (κ3) is 4.65. The number of carbonyl (C=O) groups is 2. The molecule has 0 amide bonds. The number of ether oxygens (including phenoxy) is 1. The van der Waals surface area contributed by atoms with Crippen molar-refractivity contribution in [3.05, 3.63) is 0 Å². The summed E-state index contributed by atoms with van der Waals surface area (Å²) >= 11 is 0. The van der Waals surface area contributed by atoms with Crippen LogP contribution in [0.5, 0.6) is 0 Å². The summed E-state index contributed by atoms with van der Waals surface area (Å²) in [5.41, 5.74) is -0.583. The van der Waals surface area contributed by atoms with E-state index < -0.39 is 17.4 Å². The summed E-state index contributed by atoms with van der Waals surface area (Å²) in [7, 11) is 0. The van der Waals surface area contributed by atoms with Crippen LogP contribution in [0.15, 0.2) is 0 Å². The lowest BCUT2D eigenvalue weighted by Crippen LogP contribution is -2.31. The fraction of sp³-hybridized carbons (Fsp3) is 0.800. The van der Waals surface area contributed by atoms with Gasteiger partial charge in [0.2, 0.25) is 5.78 Å². The van der Waals surface area contributed by atoms with Crippen molar-refractivity contribution in [3.8, 4) is 0 Å². The number of carbonyl (C=O) groups excluding carboxylic acids is 2. The molecule has 0 spiro atoms. The van der Waals surface area contributed by atoms with Crippen molar-refractivity contribution in [2.75, 3.05) is 0 Å². The van der Waals surface area contributed by atoms with Crippen LogP contribution < -0.4 is 0 Å². The molecule has 0 bridgehead atoms. The summed E-state index contributed by atoms with van der Waals surface area (Å²) in [6.07, 6.45) is 0.665. The van der Waals surface area contributed by atoms with Crippen LogP contribution in [0.4, 0.5) is 0 Å². The minimum Gasteiger partial charge on any atom is -0.454 e. The molecule has 1 unspecified atom stereocenters. The largest absolute Gasteiger partial charge is 0.454 e. The topological polar surface area (TPSA) is 43.4 Å². The Balaban J connectivity index is 4.21. The molecule has 0 radical (unpaired) electrons. The van der Waals surface area contributed by atoms with E-state index in [4.69, 9.17) is 4.74 Å². The van der Waals surface area contributed by atoms with Gasteiger partial charge in [-0.25, -0.2) is 4.79 Å². The van der Waals surface area contributed by atoms with Crippen LogP contribution in [0.3, 0.4) is 0 Å². The minimum atomic E-state index is -0.721. The molecule has 0 heterocycles. The summed E-state index contributed by atoms with van der Waals surface area (Å²) < 4.78 is 4.93. The number of rotatable bonds is 3. The quantitative estimate of drug-likeness (QED) is 0.499. The zero-order valence-corrected chi connectivity index (χ0v) is 9.01. The normalized spacial score (nSPS) is 13.6. The highest BCUT2D eigenvalue weighted by Crippen LogP contribution is 2.10. The van der Waals surface area contributed by atoms with E-state index in [1.54, 1.807) is 27.7 Å². The Labute approximate surface area is 79.5 Å². The van der Waals surface area contributed by atoms with E-state index in [0.29, 0.717) is 6.42 Å². The van der Waals surface area contributed by atoms with E-state index in [2.05, 4.69) is 0 Å². The molecule has 13 heavy (non-hydrogen) atoms. The Bertz CT molecular complexity index is 201. The fourth-order valence-electron chi connectivity index (χ4n) is 0.715. The maximum atomic E-state index is 11.3. The molecule has 76 valence electrons. The van der Waals surface area contributed by atoms with Gasteiger partial charge < -0.3 is 4.74 Å². The standard InChI is InChI=1S/C10H18O3/c1-6-7(2)8(11)9(12)13-10(3,4)5/h7H,6H2,1-5H3. The summed E-state index contributed by atoms with van der Waals surface area (Å²) in [6, 6.07) is 0. The first-order valence-corrected chi connectivity index (χ1v) is 4.55. The molecule has 0 aromatic carbocycles. The van der Waals surface area contributed by atoms with Gasteiger partial charge in [-0.1, -0.05) is 13.8 Å². The average molecular weight is 186 g/mol. The smallest absolute Gasteiger partial charge is 0.375 e. The van der Waals surface area contributed by atoms with Crippen LogP contribution in [0.1, 0.15) is 41.0 Å². The summed E-state index contributed by atoms with van der Waals surface area (Å²) in [5.74, 6) is -1.39. The van der Waals surface area contributed by atoms with E-state index in [0.717, 1.165) is 0 Å². The Kier molecular flexibility index (Phi) is 4.11. The summed E-state index contributed by atoms with van der Waals surface area (Å²) in [6.45, 7) is 8.83. The number of ketones is 1. The van der Waals surface area contributed by atoms with Gasteiger partial charge in [-0.05, 0) is 27.2 Å². The lowest BCUT2D eigenvalue weighted by Gasteiger charge is -2.19. The van der Waals surface area contributed by atoms with Crippen molar-refractivity contribution in [1.82, 2.24) is 0 Å². The zero-order chi connectivity index (χ0) is 10.6. The molecule has 0 rings (SSSR count). The maximum absolute atomic E-state index is 11.3. The number of Topliss-reactive ketones (excluding diaryl/α,β-unsaturated/α-hetero) is 1. The molecule has 0 aromatic heterocycles. The Hall–Kier alpha value is -0.860. The average Bonchev–Trinajstić information content (AvgIpc) is 1.98. The number of hydrogen-bond acceptors (Lipinski definition) is 3. The van der Waals surface area contributed by atoms with Crippen LogP contribution in [0.25, 0.3) is 0 Å². The van der Waals surface area contributed by atoms with E-state index in [1.807, 2.05) is 6.92 Å². The maximum Gasteiger partial charge on any atom is 0.375 e. The van der Waals surface area contributed by atoms with Gasteiger partial charge in [-0.2, -0.15) is 0 Å². The van der Waals surface area contributed by atoms with Gasteiger partial charge in [-0.15, -0.1) is 0 Å². The lowest BCUT2D eigenvalue weighted by atomic mass is 10.0. The third-order valence-electron chi connectivity index (χ3n) is 1.66. The first-order chi connectivity index (χ1) is 5.78. The molecule has 0 N–H and O–H groups in total. The van der Waals surface area contributed by atoms with Gasteiger partial charge in [0, 0.05) is 5.92 Å². The van der Waals surface area contributed by atoms with Crippen LogP contribution in [-0.4, -0.2) is 17.4 Å². The van der Waals surface area contributed by atoms with E-state index in [-0.39, 0.29) is 5.92 Å². The van der Waals surface area contributed by atoms with E-state index in [1.165, 1.54) is 0 Å². The van der Waals surface area contributed by atoms with Gasteiger partial charge in [0.15, 0.2) is 0 Å². The molecule has 0 aliphatic rings. The second-order valence-electron chi connectivity index (χ2n) is 4.18. The van der Waals surface area contributed by atoms with Crippen molar-refractivity contribution in [2.45, 2.75) is 46.6 Å². The molecule has 0 saturated carbocycles. The molecular weight excluding hydrogens is 168 g/mol. The molecule has 1 atom stereocenters. The van der Waals surface area contributed by atoms with Crippen molar-refractivity contribution < 1.29 is 14.3 Å². The van der Waals surface area contributed by atoms with E-state index >= 15 is 0 Å². The SMILES string of the molecule is CCC(C)C(=O)C(=O)OC(C)(C)C. The third-order valence-corrected chi connectivity index (χ3v) is 1.66. The van der Waals surface area contributed by atoms with Crippen LogP contribution in [0.2, 0.25) is 0 Å². The van der Waals surface area contributed by atoms with Crippen LogP contribution >= 0.6 is 0 Å². The monoisotopic (exact) mass is 186 g/mol. The molecule has 0 fully saturated rings. The minimum absolute atomic E-state index is 0.241. The van der Waals surface area contributed by atoms with Crippen LogP contribution in [-0.2, 0) is 14.3 Å². The fourth-order valence-corrected chi connectivity index (χ4v) is 0.715.